The first-order valence-corrected chi connectivity index (χ1v) is 12.4. The van der Waals surface area contributed by atoms with Crippen molar-refractivity contribution in [1.29, 1.82) is 0 Å². The van der Waals surface area contributed by atoms with Gasteiger partial charge in [-0.3, -0.25) is 4.79 Å². The number of anilines is 1. The molecule has 0 spiro atoms. The van der Waals surface area contributed by atoms with Gasteiger partial charge in [0.25, 0.3) is 5.91 Å². The Morgan fingerprint density at radius 2 is 1.69 bits per heavy atom. The molecule has 0 bridgehead atoms. The third-order valence-corrected chi connectivity index (χ3v) is 7.22. The zero-order valence-corrected chi connectivity index (χ0v) is 19.6. The largest absolute Gasteiger partial charge is 0.486 e. The summed E-state index contributed by atoms with van der Waals surface area (Å²) < 4.78 is 12.9. The molecule has 3 aromatic rings. The molecule has 0 atom stereocenters. The summed E-state index contributed by atoms with van der Waals surface area (Å²) in [6.07, 6.45) is 7.49. The average molecular weight is 476 g/mol. The zero-order chi connectivity index (χ0) is 23.8. The van der Waals surface area contributed by atoms with Crippen LogP contribution in [0.25, 0.3) is 5.52 Å². The molecule has 35 heavy (non-hydrogen) atoms. The van der Waals surface area contributed by atoms with Gasteiger partial charge in [0.2, 0.25) is 0 Å². The Morgan fingerprint density at radius 1 is 0.914 bits per heavy atom. The van der Waals surface area contributed by atoms with Crippen LogP contribution in [0.5, 0.6) is 11.5 Å². The minimum absolute atomic E-state index is 0.0697. The van der Waals surface area contributed by atoms with E-state index in [1.807, 2.05) is 28.1 Å². The molecule has 182 valence electrons. The lowest BCUT2D eigenvalue weighted by Gasteiger charge is -2.32. The van der Waals surface area contributed by atoms with E-state index in [2.05, 4.69) is 22.5 Å². The van der Waals surface area contributed by atoms with E-state index < -0.39 is 0 Å². The van der Waals surface area contributed by atoms with Crippen molar-refractivity contribution in [2.45, 2.75) is 31.6 Å². The number of hydrogen-bond donors (Lipinski definition) is 1. The Balaban J connectivity index is 1.10. The fourth-order valence-electron chi connectivity index (χ4n) is 5.25. The fourth-order valence-corrected chi connectivity index (χ4v) is 5.25. The van der Waals surface area contributed by atoms with Crippen LogP contribution in [-0.4, -0.2) is 70.7 Å². The molecule has 0 radical (unpaired) electrons. The predicted octanol–water partition coefficient (Wildman–Crippen LogP) is 3.75. The van der Waals surface area contributed by atoms with E-state index in [1.165, 1.54) is 5.56 Å². The molecular weight excluding hydrogens is 446 g/mol. The molecule has 0 unspecified atom stereocenters. The number of carbonyl (C=O) groups excluding carboxylic acids is 2. The number of urea groups is 1. The van der Waals surface area contributed by atoms with E-state index >= 15 is 0 Å². The van der Waals surface area contributed by atoms with Gasteiger partial charge in [-0.05, 0) is 61.4 Å². The summed E-state index contributed by atoms with van der Waals surface area (Å²) in [7, 11) is 0. The minimum atomic E-state index is -0.107. The van der Waals surface area contributed by atoms with Crippen LogP contribution in [0.3, 0.4) is 0 Å². The summed E-state index contributed by atoms with van der Waals surface area (Å²) in [5.74, 6) is 1.77. The molecule has 2 saturated heterocycles. The van der Waals surface area contributed by atoms with E-state index in [-0.39, 0.29) is 11.9 Å². The second-order valence-electron chi connectivity index (χ2n) is 9.40. The van der Waals surface area contributed by atoms with Gasteiger partial charge in [0, 0.05) is 44.1 Å². The van der Waals surface area contributed by atoms with E-state index in [0.29, 0.717) is 55.0 Å². The number of carbonyl (C=O) groups is 2. The number of aromatic nitrogens is 2. The summed E-state index contributed by atoms with van der Waals surface area (Å²) in [6.45, 7) is 4.04. The van der Waals surface area contributed by atoms with Crippen LogP contribution in [0.2, 0.25) is 0 Å². The van der Waals surface area contributed by atoms with Crippen molar-refractivity contribution in [2.75, 3.05) is 44.7 Å². The highest BCUT2D eigenvalue weighted by Gasteiger charge is 2.26. The number of benzene rings is 1. The predicted molar refractivity (Wildman–Crippen MR) is 130 cm³/mol. The SMILES string of the molecule is O=C(Nc1ccc2c(c1)OCCO2)N1CCC(c2ccn3ncc(C(=O)N4CCCC4)c3c2)CC1. The molecule has 0 aliphatic carbocycles. The Kier molecular flexibility index (Phi) is 5.67. The van der Waals surface area contributed by atoms with Crippen molar-refractivity contribution in [3.63, 3.8) is 0 Å². The average Bonchev–Trinajstić information content (AvgIpc) is 3.58. The molecule has 6 rings (SSSR count). The van der Waals surface area contributed by atoms with Gasteiger partial charge in [0.1, 0.15) is 13.2 Å². The summed E-state index contributed by atoms with van der Waals surface area (Å²) in [5.41, 5.74) is 3.42. The standard InChI is InChI=1S/C26H29N5O4/c32-25(29-8-1-2-9-29)21-17-27-31-12-7-19(15-22(21)31)18-5-10-30(11-6-18)26(33)28-20-3-4-23-24(16-20)35-14-13-34-23/h3-4,7,12,15-18H,1-2,5-6,8-11,13-14H2,(H,28,33). The lowest BCUT2D eigenvalue weighted by atomic mass is 9.89. The lowest BCUT2D eigenvalue weighted by molar-refractivity contribution is 0.0794. The number of piperidine rings is 1. The summed E-state index contributed by atoms with van der Waals surface area (Å²) in [4.78, 5) is 29.6. The zero-order valence-electron chi connectivity index (χ0n) is 19.6. The van der Waals surface area contributed by atoms with Gasteiger partial charge in [-0.25, -0.2) is 9.31 Å². The molecule has 0 saturated carbocycles. The van der Waals surface area contributed by atoms with Gasteiger partial charge >= 0.3 is 6.03 Å². The van der Waals surface area contributed by atoms with E-state index in [4.69, 9.17) is 9.47 Å². The monoisotopic (exact) mass is 475 g/mol. The van der Waals surface area contributed by atoms with Gasteiger partial charge in [-0.1, -0.05) is 0 Å². The van der Waals surface area contributed by atoms with Crippen LogP contribution in [0.4, 0.5) is 10.5 Å². The third kappa shape index (κ3) is 4.26. The van der Waals surface area contributed by atoms with Crippen molar-refractivity contribution >= 4 is 23.1 Å². The quantitative estimate of drug-likeness (QED) is 0.623. The van der Waals surface area contributed by atoms with Crippen molar-refractivity contribution in [1.82, 2.24) is 19.4 Å². The van der Waals surface area contributed by atoms with E-state index in [9.17, 15) is 9.59 Å². The number of nitrogens with one attached hydrogen (secondary N) is 1. The number of ether oxygens (including phenoxy) is 2. The summed E-state index contributed by atoms with van der Waals surface area (Å²) in [5, 5.41) is 7.37. The summed E-state index contributed by atoms with van der Waals surface area (Å²) >= 11 is 0. The Bertz CT molecular complexity index is 1260. The topological polar surface area (TPSA) is 88.4 Å². The first-order valence-electron chi connectivity index (χ1n) is 12.4. The normalized spacial score (nSPS) is 18.2. The Morgan fingerprint density at radius 3 is 2.49 bits per heavy atom. The smallest absolute Gasteiger partial charge is 0.321 e. The second kappa shape index (κ2) is 9.13. The maximum Gasteiger partial charge on any atom is 0.321 e. The number of likely N-dealkylation sites (tertiary alicyclic amines) is 2. The molecule has 3 aliphatic heterocycles. The number of nitrogens with zero attached hydrogens (tertiary/aromatic N) is 4. The van der Waals surface area contributed by atoms with Crippen LogP contribution in [0, 0.1) is 0 Å². The van der Waals surface area contributed by atoms with Crippen LogP contribution in [-0.2, 0) is 0 Å². The summed E-state index contributed by atoms with van der Waals surface area (Å²) in [6, 6.07) is 9.54. The van der Waals surface area contributed by atoms with Gasteiger partial charge in [0.05, 0.1) is 17.3 Å². The van der Waals surface area contributed by atoms with Crippen molar-refractivity contribution in [3.8, 4) is 11.5 Å². The van der Waals surface area contributed by atoms with Gasteiger partial charge in [-0.2, -0.15) is 5.10 Å². The third-order valence-electron chi connectivity index (χ3n) is 7.22. The van der Waals surface area contributed by atoms with E-state index in [1.54, 1.807) is 16.8 Å². The van der Waals surface area contributed by atoms with Crippen molar-refractivity contribution < 1.29 is 19.1 Å². The number of pyridine rings is 1. The van der Waals surface area contributed by atoms with Crippen LogP contribution < -0.4 is 14.8 Å². The van der Waals surface area contributed by atoms with Crippen molar-refractivity contribution in [2.24, 2.45) is 0 Å². The lowest BCUT2D eigenvalue weighted by Crippen LogP contribution is -2.40. The molecule has 9 heteroatoms. The Labute approximate surface area is 203 Å². The minimum Gasteiger partial charge on any atom is -0.486 e. The maximum absolute atomic E-state index is 13.0. The van der Waals surface area contributed by atoms with Crippen LogP contribution in [0.1, 0.15) is 47.5 Å². The van der Waals surface area contributed by atoms with Gasteiger partial charge < -0.3 is 24.6 Å². The van der Waals surface area contributed by atoms with Crippen molar-refractivity contribution in [3.05, 3.63) is 53.9 Å². The molecule has 9 nitrogen and oxygen atoms in total. The molecule has 2 aromatic heterocycles. The molecule has 1 aromatic carbocycles. The molecule has 1 N–H and O–H groups in total. The molecule has 3 aliphatic rings. The fraction of sp³-hybridized carbons (Fsp3) is 0.423. The van der Waals surface area contributed by atoms with Gasteiger partial charge in [0.15, 0.2) is 11.5 Å². The number of amides is 3. The number of hydrogen-bond acceptors (Lipinski definition) is 5. The second-order valence-corrected chi connectivity index (χ2v) is 9.40. The van der Waals surface area contributed by atoms with E-state index in [0.717, 1.165) is 44.3 Å². The maximum atomic E-state index is 13.0. The molecule has 2 fully saturated rings. The number of fused-ring (bicyclic) bond motifs is 2. The molecular formula is C26H29N5O4. The first-order chi connectivity index (χ1) is 17.2. The highest BCUT2D eigenvalue weighted by atomic mass is 16.6. The van der Waals surface area contributed by atoms with Crippen LogP contribution >= 0.6 is 0 Å². The molecule has 5 heterocycles. The highest BCUT2D eigenvalue weighted by Crippen LogP contribution is 2.33. The highest BCUT2D eigenvalue weighted by molar-refractivity contribution is 6.00. The number of rotatable bonds is 3. The Hall–Kier alpha value is -3.75. The van der Waals surface area contributed by atoms with Gasteiger partial charge in [-0.15, -0.1) is 0 Å². The molecule has 3 amide bonds. The first kappa shape index (κ1) is 21.8. The van der Waals surface area contributed by atoms with Crippen LogP contribution in [0.15, 0.2) is 42.7 Å².